The zero-order valence-corrected chi connectivity index (χ0v) is 15.6. The van der Waals surface area contributed by atoms with Crippen LogP contribution in [0.2, 0.25) is 0 Å². The van der Waals surface area contributed by atoms with E-state index >= 15 is 0 Å². The lowest BCUT2D eigenvalue weighted by Gasteiger charge is -2.32. The van der Waals surface area contributed by atoms with Gasteiger partial charge in [-0.25, -0.2) is 9.97 Å². The van der Waals surface area contributed by atoms with Gasteiger partial charge in [0.2, 0.25) is 0 Å². The second-order valence-electron chi connectivity index (χ2n) is 7.74. The lowest BCUT2D eigenvalue weighted by molar-refractivity contribution is 0.00578. The monoisotopic (exact) mass is 350 g/mol. The minimum absolute atomic E-state index is 0.0415. The average molecular weight is 350 g/mol. The van der Waals surface area contributed by atoms with Crippen molar-refractivity contribution in [2.75, 3.05) is 6.61 Å². The van der Waals surface area contributed by atoms with Gasteiger partial charge >= 0.3 is 7.12 Å². The molecule has 26 heavy (non-hydrogen) atoms. The molecule has 2 aliphatic heterocycles. The van der Waals surface area contributed by atoms with Crippen LogP contribution in [0.15, 0.2) is 48.8 Å². The molecule has 0 spiro atoms. The molecule has 1 aromatic heterocycles. The highest BCUT2D eigenvalue weighted by atomic mass is 16.7. The van der Waals surface area contributed by atoms with E-state index in [4.69, 9.17) is 14.0 Å². The van der Waals surface area contributed by atoms with Crippen LogP contribution in [0.4, 0.5) is 0 Å². The van der Waals surface area contributed by atoms with Gasteiger partial charge in [-0.2, -0.15) is 0 Å². The number of ether oxygens (including phenoxy) is 1. The number of rotatable bonds is 3. The number of hydrogen-bond donors (Lipinski definition) is 0. The van der Waals surface area contributed by atoms with E-state index in [9.17, 15) is 0 Å². The normalized spacial score (nSPS) is 23.5. The third kappa shape index (κ3) is 3.09. The molecular formula is C20H23BN2O3. The van der Waals surface area contributed by atoms with Gasteiger partial charge in [0.25, 0.3) is 0 Å². The van der Waals surface area contributed by atoms with Crippen LogP contribution < -0.4 is 5.46 Å². The van der Waals surface area contributed by atoms with Gasteiger partial charge in [-0.1, -0.05) is 36.4 Å². The maximum absolute atomic E-state index is 6.14. The number of nitrogens with zero attached hydrogens (tertiary/aromatic N) is 2. The maximum Gasteiger partial charge on any atom is 0.494 e. The molecule has 0 aliphatic carbocycles. The highest BCUT2D eigenvalue weighted by molar-refractivity contribution is 6.62. The number of aromatic nitrogens is 2. The SMILES string of the molecule is CC1(C)OB(c2cccc(-c3ncc([C@H]4C=CCO4)cn3)c2)OC1(C)C. The topological polar surface area (TPSA) is 53.5 Å². The van der Waals surface area contributed by atoms with E-state index < -0.39 is 7.12 Å². The van der Waals surface area contributed by atoms with Gasteiger partial charge in [-0.3, -0.25) is 0 Å². The van der Waals surface area contributed by atoms with E-state index in [0.29, 0.717) is 12.4 Å². The number of hydrogen-bond acceptors (Lipinski definition) is 5. The van der Waals surface area contributed by atoms with Crippen LogP contribution in [0.1, 0.15) is 39.4 Å². The molecule has 4 rings (SSSR count). The summed E-state index contributed by atoms with van der Waals surface area (Å²) in [7, 11) is -0.392. The Morgan fingerprint density at radius 3 is 2.35 bits per heavy atom. The third-order valence-electron chi connectivity index (χ3n) is 5.35. The van der Waals surface area contributed by atoms with Gasteiger partial charge in [0.15, 0.2) is 5.82 Å². The first kappa shape index (κ1) is 17.4. The van der Waals surface area contributed by atoms with E-state index in [1.165, 1.54) is 0 Å². The van der Waals surface area contributed by atoms with Gasteiger partial charge in [0.1, 0.15) is 6.10 Å². The van der Waals surface area contributed by atoms with E-state index in [-0.39, 0.29) is 17.3 Å². The molecule has 5 nitrogen and oxygen atoms in total. The fourth-order valence-corrected chi connectivity index (χ4v) is 3.04. The number of benzene rings is 1. The molecule has 0 amide bonds. The Morgan fingerprint density at radius 2 is 1.73 bits per heavy atom. The summed E-state index contributed by atoms with van der Waals surface area (Å²) < 4.78 is 17.9. The second-order valence-corrected chi connectivity index (χ2v) is 7.74. The van der Waals surface area contributed by atoms with Crippen molar-refractivity contribution in [3.63, 3.8) is 0 Å². The third-order valence-corrected chi connectivity index (χ3v) is 5.35. The Kier molecular flexibility index (Phi) is 4.22. The Labute approximate surface area is 154 Å². The summed E-state index contributed by atoms with van der Waals surface area (Å²) in [5.41, 5.74) is 2.15. The van der Waals surface area contributed by atoms with Crippen molar-refractivity contribution >= 4 is 12.6 Å². The van der Waals surface area contributed by atoms with Gasteiger partial charge in [-0.15, -0.1) is 0 Å². The summed E-state index contributed by atoms with van der Waals surface area (Å²) in [6.07, 6.45) is 7.64. The Balaban J connectivity index is 1.57. The standard InChI is InChI=1S/C20H23BN2O3/c1-19(2)20(3,4)26-21(25-19)16-8-5-7-14(11-16)18-22-12-15(13-23-18)17-9-6-10-24-17/h5-9,11-13,17H,10H2,1-4H3/t17-/m1/s1. The molecule has 0 N–H and O–H groups in total. The zero-order valence-electron chi connectivity index (χ0n) is 15.6. The molecule has 6 heteroatoms. The summed E-state index contributed by atoms with van der Waals surface area (Å²) in [5, 5.41) is 0. The van der Waals surface area contributed by atoms with E-state index in [0.717, 1.165) is 16.6 Å². The van der Waals surface area contributed by atoms with Gasteiger partial charge in [-0.05, 0) is 33.2 Å². The molecular weight excluding hydrogens is 327 g/mol. The molecule has 1 atom stereocenters. The Morgan fingerprint density at radius 1 is 1.04 bits per heavy atom. The molecule has 1 saturated heterocycles. The van der Waals surface area contributed by atoms with Crippen molar-refractivity contribution in [2.45, 2.75) is 45.0 Å². The van der Waals surface area contributed by atoms with Gasteiger partial charge in [0.05, 0.1) is 17.8 Å². The van der Waals surface area contributed by atoms with Crippen molar-refractivity contribution in [3.8, 4) is 11.4 Å². The molecule has 2 aliphatic rings. The van der Waals surface area contributed by atoms with Crippen molar-refractivity contribution in [3.05, 3.63) is 54.4 Å². The van der Waals surface area contributed by atoms with Crippen molar-refractivity contribution < 1.29 is 14.0 Å². The van der Waals surface area contributed by atoms with Crippen molar-refractivity contribution in [1.29, 1.82) is 0 Å². The molecule has 2 aromatic rings. The first-order chi connectivity index (χ1) is 12.4. The molecule has 3 heterocycles. The van der Waals surface area contributed by atoms with Crippen LogP contribution in [-0.2, 0) is 14.0 Å². The predicted molar refractivity (Wildman–Crippen MR) is 101 cm³/mol. The molecule has 0 saturated carbocycles. The molecule has 0 unspecified atom stereocenters. The Bertz CT molecular complexity index is 817. The summed E-state index contributed by atoms with van der Waals surface area (Å²) in [6, 6.07) is 8.02. The van der Waals surface area contributed by atoms with E-state index in [1.54, 1.807) is 0 Å². The maximum atomic E-state index is 6.14. The summed E-state index contributed by atoms with van der Waals surface area (Å²) in [6.45, 7) is 8.86. The van der Waals surface area contributed by atoms with E-state index in [2.05, 4.69) is 37.7 Å². The van der Waals surface area contributed by atoms with Crippen molar-refractivity contribution in [1.82, 2.24) is 9.97 Å². The van der Waals surface area contributed by atoms with E-state index in [1.807, 2.05) is 48.8 Å². The van der Waals surface area contributed by atoms with Crippen LogP contribution in [-0.4, -0.2) is 34.9 Å². The van der Waals surface area contributed by atoms with Crippen LogP contribution in [0.5, 0.6) is 0 Å². The summed E-state index contributed by atoms with van der Waals surface area (Å²) in [4.78, 5) is 9.02. The average Bonchev–Trinajstić information content (AvgIpc) is 3.22. The second kappa shape index (κ2) is 6.30. The highest BCUT2D eigenvalue weighted by Gasteiger charge is 2.51. The minimum Gasteiger partial charge on any atom is -0.399 e. The first-order valence-electron chi connectivity index (χ1n) is 8.92. The molecule has 1 aromatic carbocycles. The predicted octanol–water partition coefficient (Wildman–Crippen LogP) is 3.07. The van der Waals surface area contributed by atoms with Crippen LogP contribution in [0.3, 0.4) is 0 Å². The largest absolute Gasteiger partial charge is 0.494 e. The van der Waals surface area contributed by atoms with Crippen LogP contribution in [0.25, 0.3) is 11.4 Å². The molecule has 134 valence electrons. The molecule has 0 bridgehead atoms. The van der Waals surface area contributed by atoms with Gasteiger partial charge in [0, 0.05) is 23.5 Å². The fourth-order valence-electron chi connectivity index (χ4n) is 3.04. The summed E-state index contributed by atoms with van der Waals surface area (Å²) >= 11 is 0. The minimum atomic E-state index is -0.392. The smallest absolute Gasteiger partial charge is 0.399 e. The van der Waals surface area contributed by atoms with Crippen LogP contribution in [0, 0.1) is 0 Å². The van der Waals surface area contributed by atoms with Gasteiger partial charge < -0.3 is 14.0 Å². The first-order valence-corrected chi connectivity index (χ1v) is 8.92. The van der Waals surface area contributed by atoms with Crippen LogP contribution >= 0.6 is 0 Å². The highest BCUT2D eigenvalue weighted by Crippen LogP contribution is 2.36. The lowest BCUT2D eigenvalue weighted by atomic mass is 9.78. The lowest BCUT2D eigenvalue weighted by Crippen LogP contribution is -2.41. The Hall–Kier alpha value is -2.02. The summed E-state index contributed by atoms with van der Waals surface area (Å²) in [5.74, 6) is 0.675. The van der Waals surface area contributed by atoms with Crippen molar-refractivity contribution in [2.24, 2.45) is 0 Å². The molecule has 0 radical (unpaired) electrons. The quantitative estimate of drug-likeness (QED) is 0.629. The fraction of sp³-hybridized carbons (Fsp3) is 0.400. The molecule has 1 fully saturated rings. The zero-order chi connectivity index (χ0) is 18.4.